The number of nitrogens with zero attached hydrogens (tertiary/aromatic N) is 4. The van der Waals surface area contributed by atoms with Gasteiger partial charge in [0.1, 0.15) is 5.82 Å². The molecule has 5 nitrogen and oxygen atoms in total. The van der Waals surface area contributed by atoms with E-state index >= 15 is 0 Å². The smallest absolute Gasteiger partial charge is 0.227 e. The number of anilines is 2. The Morgan fingerprint density at radius 3 is 2.65 bits per heavy atom. The standard InChI is InChI=1S/C12H21N5/c1-3-16(4-2)11-5-6-14-12(15-11)17-9-7-13-8-10-17/h5-6,13H,3-4,7-10H2,1-2H3. The lowest BCUT2D eigenvalue weighted by Crippen LogP contribution is -2.44. The maximum absolute atomic E-state index is 4.65. The molecule has 1 saturated heterocycles. The van der Waals surface area contributed by atoms with Crippen LogP contribution in [0.2, 0.25) is 0 Å². The highest BCUT2D eigenvalue weighted by Gasteiger charge is 2.14. The van der Waals surface area contributed by atoms with Crippen LogP contribution in [0.1, 0.15) is 13.8 Å². The fourth-order valence-electron chi connectivity index (χ4n) is 2.08. The van der Waals surface area contributed by atoms with Crippen LogP contribution in [-0.2, 0) is 0 Å². The van der Waals surface area contributed by atoms with E-state index in [-0.39, 0.29) is 0 Å². The van der Waals surface area contributed by atoms with Gasteiger partial charge in [-0.05, 0) is 19.9 Å². The first-order chi connectivity index (χ1) is 8.35. The summed E-state index contributed by atoms with van der Waals surface area (Å²) >= 11 is 0. The minimum atomic E-state index is 0.857. The Morgan fingerprint density at radius 1 is 1.29 bits per heavy atom. The van der Waals surface area contributed by atoms with Gasteiger partial charge >= 0.3 is 0 Å². The van der Waals surface area contributed by atoms with E-state index in [2.05, 4.69) is 38.9 Å². The Bertz CT molecular complexity index is 345. The van der Waals surface area contributed by atoms with Gasteiger partial charge < -0.3 is 15.1 Å². The van der Waals surface area contributed by atoms with Crippen molar-refractivity contribution in [2.75, 3.05) is 49.1 Å². The van der Waals surface area contributed by atoms with Crippen molar-refractivity contribution >= 4 is 11.8 Å². The van der Waals surface area contributed by atoms with Gasteiger partial charge in [-0.2, -0.15) is 4.98 Å². The first-order valence-corrected chi connectivity index (χ1v) is 6.38. The normalized spacial score (nSPS) is 16.0. The third-order valence-electron chi connectivity index (χ3n) is 3.12. The van der Waals surface area contributed by atoms with Gasteiger partial charge in [-0.15, -0.1) is 0 Å². The molecule has 0 unspecified atom stereocenters. The number of rotatable bonds is 4. The third-order valence-corrected chi connectivity index (χ3v) is 3.12. The van der Waals surface area contributed by atoms with Crippen LogP contribution in [0.25, 0.3) is 0 Å². The van der Waals surface area contributed by atoms with Gasteiger partial charge in [0.25, 0.3) is 0 Å². The van der Waals surface area contributed by atoms with Gasteiger partial charge in [0.05, 0.1) is 0 Å². The summed E-state index contributed by atoms with van der Waals surface area (Å²) in [5, 5.41) is 3.34. The van der Waals surface area contributed by atoms with Crippen LogP contribution in [0.3, 0.4) is 0 Å². The minimum absolute atomic E-state index is 0.857. The second-order valence-electron chi connectivity index (χ2n) is 4.12. The molecule has 1 aromatic heterocycles. The van der Waals surface area contributed by atoms with Crippen LogP contribution in [0, 0.1) is 0 Å². The molecule has 94 valence electrons. The lowest BCUT2D eigenvalue weighted by Gasteiger charge is -2.28. The van der Waals surface area contributed by atoms with Gasteiger partial charge in [-0.1, -0.05) is 0 Å². The van der Waals surface area contributed by atoms with Gasteiger partial charge in [-0.25, -0.2) is 4.98 Å². The first-order valence-electron chi connectivity index (χ1n) is 6.38. The number of aromatic nitrogens is 2. The van der Waals surface area contributed by atoms with Gasteiger partial charge in [-0.3, -0.25) is 0 Å². The molecule has 0 aliphatic carbocycles. The van der Waals surface area contributed by atoms with E-state index in [1.807, 2.05) is 12.3 Å². The molecule has 2 rings (SSSR count). The molecule has 5 heteroatoms. The molecule has 0 amide bonds. The molecule has 1 fully saturated rings. The quantitative estimate of drug-likeness (QED) is 0.833. The fraction of sp³-hybridized carbons (Fsp3) is 0.667. The number of hydrogen-bond donors (Lipinski definition) is 1. The zero-order chi connectivity index (χ0) is 12.1. The van der Waals surface area contributed by atoms with Crippen molar-refractivity contribution in [3.8, 4) is 0 Å². The Labute approximate surface area is 103 Å². The van der Waals surface area contributed by atoms with E-state index < -0.39 is 0 Å². The molecular weight excluding hydrogens is 214 g/mol. The van der Waals surface area contributed by atoms with Crippen LogP contribution in [0.5, 0.6) is 0 Å². The third kappa shape index (κ3) is 2.85. The van der Waals surface area contributed by atoms with E-state index in [4.69, 9.17) is 0 Å². The minimum Gasteiger partial charge on any atom is -0.357 e. The molecule has 0 bridgehead atoms. The molecule has 0 radical (unpaired) electrons. The Kier molecular flexibility index (Phi) is 4.14. The summed E-state index contributed by atoms with van der Waals surface area (Å²) in [5.74, 6) is 1.88. The second kappa shape index (κ2) is 5.82. The second-order valence-corrected chi connectivity index (χ2v) is 4.12. The monoisotopic (exact) mass is 235 g/mol. The molecule has 0 atom stereocenters. The molecule has 0 saturated carbocycles. The maximum Gasteiger partial charge on any atom is 0.227 e. The van der Waals surface area contributed by atoms with E-state index in [0.717, 1.165) is 51.0 Å². The number of hydrogen-bond acceptors (Lipinski definition) is 5. The summed E-state index contributed by atoms with van der Waals surface area (Å²) in [6, 6.07) is 1.98. The van der Waals surface area contributed by atoms with E-state index in [0.29, 0.717) is 0 Å². The summed E-state index contributed by atoms with van der Waals surface area (Å²) < 4.78 is 0. The van der Waals surface area contributed by atoms with Gasteiger partial charge in [0.2, 0.25) is 5.95 Å². The summed E-state index contributed by atoms with van der Waals surface area (Å²) in [7, 11) is 0. The maximum atomic E-state index is 4.65. The van der Waals surface area contributed by atoms with E-state index in [1.54, 1.807) is 0 Å². The van der Waals surface area contributed by atoms with Crippen molar-refractivity contribution in [1.29, 1.82) is 0 Å². The summed E-state index contributed by atoms with van der Waals surface area (Å²) in [6.45, 7) is 10.3. The zero-order valence-electron chi connectivity index (χ0n) is 10.7. The highest BCUT2D eigenvalue weighted by atomic mass is 15.3. The predicted octanol–water partition coefficient (Wildman–Crippen LogP) is 0.732. The average Bonchev–Trinajstić information content (AvgIpc) is 2.42. The fourth-order valence-corrected chi connectivity index (χ4v) is 2.08. The Balaban J connectivity index is 2.15. The zero-order valence-corrected chi connectivity index (χ0v) is 10.7. The summed E-state index contributed by atoms with van der Waals surface area (Å²) in [4.78, 5) is 13.5. The van der Waals surface area contributed by atoms with E-state index in [9.17, 15) is 0 Å². The Morgan fingerprint density at radius 2 is 2.00 bits per heavy atom. The van der Waals surface area contributed by atoms with Crippen molar-refractivity contribution in [2.24, 2.45) is 0 Å². The van der Waals surface area contributed by atoms with Crippen molar-refractivity contribution in [3.05, 3.63) is 12.3 Å². The molecule has 0 spiro atoms. The van der Waals surface area contributed by atoms with Crippen LogP contribution < -0.4 is 15.1 Å². The van der Waals surface area contributed by atoms with Crippen molar-refractivity contribution < 1.29 is 0 Å². The molecule has 1 aromatic rings. The van der Waals surface area contributed by atoms with Crippen molar-refractivity contribution in [1.82, 2.24) is 15.3 Å². The first kappa shape index (κ1) is 12.1. The summed E-state index contributed by atoms with van der Waals surface area (Å²) in [5.41, 5.74) is 0. The van der Waals surface area contributed by atoms with Crippen LogP contribution >= 0.6 is 0 Å². The molecule has 0 aromatic carbocycles. The number of piperazine rings is 1. The van der Waals surface area contributed by atoms with E-state index in [1.165, 1.54) is 0 Å². The van der Waals surface area contributed by atoms with Crippen molar-refractivity contribution in [2.45, 2.75) is 13.8 Å². The molecule has 2 heterocycles. The van der Waals surface area contributed by atoms with Crippen LogP contribution in [0.15, 0.2) is 12.3 Å². The highest BCUT2D eigenvalue weighted by molar-refractivity contribution is 5.43. The molecule has 1 aliphatic heterocycles. The number of nitrogens with one attached hydrogen (secondary N) is 1. The Hall–Kier alpha value is -1.36. The van der Waals surface area contributed by atoms with Gasteiger partial charge in [0, 0.05) is 45.5 Å². The average molecular weight is 235 g/mol. The van der Waals surface area contributed by atoms with Crippen LogP contribution in [-0.4, -0.2) is 49.2 Å². The highest BCUT2D eigenvalue weighted by Crippen LogP contribution is 2.14. The van der Waals surface area contributed by atoms with Crippen LogP contribution in [0.4, 0.5) is 11.8 Å². The summed E-state index contributed by atoms with van der Waals surface area (Å²) in [6.07, 6.45) is 1.86. The van der Waals surface area contributed by atoms with Crippen molar-refractivity contribution in [3.63, 3.8) is 0 Å². The largest absolute Gasteiger partial charge is 0.357 e. The molecule has 1 aliphatic rings. The molecule has 17 heavy (non-hydrogen) atoms. The molecular formula is C12H21N5. The predicted molar refractivity (Wildman–Crippen MR) is 70.7 cm³/mol. The SMILES string of the molecule is CCN(CC)c1ccnc(N2CCNCC2)n1. The topological polar surface area (TPSA) is 44.3 Å². The lowest BCUT2D eigenvalue weighted by atomic mass is 10.4. The molecule has 1 N–H and O–H groups in total. The lowest BCUT2D eigenvalue weighted by molar-refractivity contribution is 0.579. The van der Waals surface area contributed by atoms with Gasteiger partial charge in [0.15, 0.2) is 0 Å².